The van der Waals surface area contributed by atoms with Crippen LogP contribution in [0, 0.1) is 11.6 Å². The van der Waals surface area contributed by atoms with Gasteiger partial charge in [0.25, 0.3) is 0 Å². The molecule has 0 saturated carbocycles. The van der Waals surface area contributed by atoms with Gasteiger partial charge in [0.05, 0.1) is 0 Å². The third kappa shape index (κ3) is 2.87. The molecular formula is C14H17F2N5. The first-order chi connectivity index (χ1) is 10.2. The molecule has 0 bridgehead atoms. The Morgan fingerprint density at radius 2 is 2.00 bits per heavy atom. The topological polar surface area (TPSA) is 56.8 Å². The van der Waals surface area contributed by atoms with Gasteiger partial charge < -0.3 is 10.2 Å². The number of hydrogen-bond acceptors (Lipinski definition) is 4. The van der Waals surface area contributed by atoms with Gasteiger partial charge in [0.15, 0.2) is 17.5 Å². The number of nitrogens with zero attached hydrogens (tertiary/aromatic N) is 3. The normalized spacial score (nSPS) is 16.4. The third-order valence-corrected chi connectivity index (χ3v) is 3.85. The van der Waals surface area contributed by atoms with E-state index in [2.05, 4.69) is 25.4 Å². The smallest absolute Gasteiger partial charge is 0.245 e. The molecule has 0 unspecified atom stereocenters. The first kappa shape index (κ1) is 13.9. The Kier molecular flexibility index (Phi) is 3.83. The van der Waals surface area contributed by atoms with Gasteiger partial charge in [-0.3, -0.25) is 5.10 Å². The molecule has 0 amide bonds. The van der Waals surface area contributed by atoms with Crippen molar-refractivity contribution in [3.05, 3.63) is 29.8 Å². The highest BCUT2D eigenvalue weighted by Gasteiger charge is 2.21. The fraction of sp³-hybridized carbons (Fsp3) is 0.429. The van der Waals surface area contributed by atoms with Gasteiger partial charge in [0.1, 0.15) is 0 Å². The number of aromatic amines is 1. The van der Waals surface area contributed by atoms with Crippen LogP contribution in [0.1, 0.15) is 12.8 Å². The van der Waals surface area contributed by atoms with Crippen molar-refractivity contribution in [2.75, 3.05) is 25.0 Å². The third-order valence-electron chi connectivity index (χ3n) is 3.85. The van der Waals surface area contributed by atoms with Crippen LogP contribution in [0.2, 0.25) is 0 Å². The Morgan fingerprint density at radius 1 is 1.24 bits per heavy atom. The molecule has 2 aromatic rings. The minimum atomic E-state index is -0.889. The van der Waals surface area contributed by atoms with E-state index in [9.17, 15) is 8.78 Å². The van der Waals surface area contributed by atoms with Gasteiger partial charge in [-0.05, 0) is 38.1 Å². The minimum absolute atomic E-state index is 0.444. The first-order valence-corrected chi connectivity index (χ1v) is 6.97. The Balaban J connectivity index is 1.76. The summed E-state index contributed by atoms with van der Waals surface area (Å²) in [6.45, 7) is 1.75. The quantitative estimate of drug-likeness (QED) is 0.908. The van der Waals surface area contributed by atoms with Gasteiger partial charge in [-0.15, -0.1) is 5.10 Å². The fourth-order valence-corrected chi connectivity index (χ4v) is 2.54. The van der Waals surface area contributed by atoms with Gasteiger partial charge in [0, 0.05) is 24.7 Å². The number of anilines is 1. The summed E-state index contributed by atoms with van der Waals surface area (Å²) in [5.74, 6) is -0.711. The lowest BCUT2D eigenvalue weighted by molar-refractivity contribution is 0.439. The molecule has 0 radical (unpaired) electrons. The van der Waals surface area contributed by atoms with Crippen LogP contribution >= 0.6 is 0 Å². The lowest BCUT2D eigenvalue weighted by Crippen LogP contribution is -2.41. The van der Waals surface area contributed by atoms with Crippen LogP contribution in [0.15, 0.2) is 18.2 Å². The molecular weight excluding hydrogens is 276 g/mol. The molecule has 0 atom stereocenters. The lowest BCUT2D eigenvalue weighted by Gasteiger charge is -2.30. The molecule has 112 valence electrons. The predicted octanol–water partition coefficient (Wildman–Crippen LogP) is 1.94. The predicted molar refractivity (Wildman–Crippen MR) is 76.0 cm³/mol. The molecule has 0 aliphatic carbocycles. The molecule has 1 aliphatic rings. The summed E-state index contributed by atoms with van der Waals surface area (Å²) in [4.78, 5) is 6.47. The zero-order chi connectivity index (χ0) is 14.8. The highest BCUT2D eigenvalue weighted by atomic mass is 19.2. The number of piperidine rings is 1. The van der Waals surface area contributed by atoms with Crippen molar-refractivity contribution in [3.8, 4) is 11.4 Å². The van der Waals surface area contributed by atoms with Crippen molar-refractivity contribution in [1.29, 1.82) is 0 Å². The van der Waals surface area contributed by atoms with Crippen molar-refractivity contribution in [2.45, 2.75) is 18.9 Å². The van der Waals surface area contributed by atoms with E-state index in [-0.39, 0.29) is 0 Å². The van der Waals surface area contributed by atoms with E-state index in [1.54, 1.807) is 0 Å². The molecule has 2 heterocycles. The molecule has 3 rings (SSSR count). The Hall–Kier alpha value is -2.02. The lowest BCUT2D eigenvalue weighted by atomic mass is 10.1. The van der Waals surface area contributed by atoms with Crippen LogP contribution in [0.3, 0.4) is 0 Å². The minimum Gasteiger partial charge on any atom is -0.339 e. The number of benzene rings is 1. The van der Waals surface area contributed by atoms with Crippen LogP contribution < -0.4 is 10.2 Å². The first-order valence-electron chi connectivity index (χ1n) is 6.97. The number of hydrogen-bond donors (Lipinski definition) is 2. The molecule has 7 heteroatoms. The van der Waals surface area contributed by atoms with E-state index in [0.717, 1.165) is 38.1 Å². The second-order valence-corrected chi connectivity index (χ2v) is 5.16. The maximum atomic E-state index is 13.3. The van der Waals surface area contributed by atoms with Gasteiger partial charge in [-0.2, -0.15) is 4.98 Å². The maximum Gasteiger partial charge on any atom is 0.245 e. The molecule has 5 nitrogen and oxygen atoms in total. The van der Waals surface area contributed by atoms with E-state index in [1.165, 1.54) is 6.07 Å². The van der Waals surface area contributed by atoms with Crippen LogP contribution in [0.25, 0.3) is 11.4 Å². The standard InChI is InChI=1S/C14H17F2N5/c1-17-10-4-6-21(7-5-10)14-18-13(19-20-14)9-2-3-11(15)12(16)8-9/h2-3,8,10,17H,4-7H2,1H3,(H,18,19,20). The van der Waals surface area contributed by atoms with Crippen LogP contribution in [0.4, 0.5) is 14.7 Å². The van der Waals surface area contributed by atoms with E-state index >= 15 is 0 Å². The monoisotopic (exact) mass is 293 g/mol. The molecule has 1 aromatic carbocycles. The molecule has 2 N–H and O–H groups in total. The second-order valence-electron chi connectivity index (χ2n) is 5.16. The number of aromatic nitrogens is 3. The van der Waals surface area contributed by atoms with E-state index < -0.39 is 11.6 Å². The molecule has 1 aliphatic heterocycles. The molecule has 1 saturated heterocycles. The van der Waals surface area contributed by atoms with Gasteiger partial charge >= 0.3 is 0 Å². The number of rotatable bonds is 3. The fourth-order valence-electron chi connectivity index (χ4n) is 2.54. The SMILES string of the molecule is CNC1CCN(c2n[nH]c(-c3ccc(F)c(F)c3)n2)CC1. The van der Waals surface area contributed by atoms with Gasteiger partial charge in [-0.25, -0.2) is 8.78 Å². The average molecular weight is 293 g/mol. The summed E-state index contributed by atoms with van der Waals surface area (Å²) in [6, 6.07) is 4.22. The number of nitrogens with one attached hydrogen (secondary N) is 2. The van der Waals surface area contributed by atoms with Crippen molar-refractivity contribution >= 4 is 5.95 Å². The molecule has 21 heavy (non-hydrogen) atoms. The van der Waals surface area contributed by atoms with Crippen molar-refractivity contribution in [1.82, 2.24) is 20.5 Å². The van der Waals surface area contributed by atoms with Crippen molar-refractivity contribution < 1.29 is 8.78 Å². The Labute approximate surface area is 121 Å². The summed E-state index contributed by atoms with van der Waals surface area (Å²) in [5, 5.41) is 10.2. The van der Waals surface area contributed by atoms with Crippen LogP contribution in [-0.4, -0.2) is 41.4 Å². The number of halogens is 2. The van der Waals surface area contributed by atoms with Crippen LogP contribution in [-0.2, 0) is 0 Å². The summed E-state index contributed by atoms with van der Waals surface area (Å²) in [6.07, 6.45) is 2.07. The van der Waals surface area contributed by atoms with Gasteiger partial charge in [0.2, 0.25) is 5.95 Å². The van der Waals surface area contributed by atoms with Crippen LogP contribution in [0.5, 0.6) is 0 Å². The second kappa shape index (κ2) is 5.77. The Bertz CT molecular complexity index is 620. The van der Waals surface area contributed by atoms with E-state index in [0.29, 0.717) is 23.4 Å². The summed E-state index contributed by atoms with van der Waals surface area (Å²) in [5.41, 5.74) is 0.484. The zero-order valence-corrected chi connectivity index (χ0v) is 11.7. The van der Waals surface area contributed by atoms with E-state index in [1.807, 2.05) is 7.05 Å². The molecule has 1 fully saturated rings. The summed E-state index contributed by atoms with van der Waals surface area (Å²) < 4.78 is 26.2. The zero-order valence-electron chi connectivity index (χ0n) is 11.7. The highest BCUT2D eigenvalue weighted by Crippen LogP contribution is 2.21. The highest BCUT2D eigenvalue weighted by molar-refractivity contribution is 5.56. The summed E-state index contributed by atoms with van der Waals surface area (Å²) >= 11 is 0. The van der Waals surface area contributed by atoms with Gasteiger partial charge in [-0.1, -0.05) is 0 Å². The summed E-state index contributed by atoms with van der Waals surface area (Å²) in [7, 11) is 1.97. The average Bonchev–Trinajstić information content (AvgIpc) is 3.00. The molecule has 0 spiro atoms. The Morgan fingerprint density at radius 3 is 2.67 bits per heavy atom. The van der Waals surface area contributed by atoms with E-state index in [4.69, 9.17) is 0 Å². The van der Waals surface area contributed by atoms with Crippen molar-refractivity contribution in [2.24, 2.45) is 0 Å². The number of H-pyrrole nitrogens is 1. The largest absolute Gasteiger partial charge is 0.339 e. The molecule has 1 aromatic heterocycles. The maximum absolute atomic E-state index is 13.3. The van der Waals surface area contributed by atoms with Crippen molar-refractivity contribution in [3.63, 3.8) is 0 Å².